The average molecular weight is 252 g/mol. The Morgan fingerprint density at radius 3 is 2.89 bits per heavy atom. The summed E-state index contributed by atoms with van der Waals surface area (Å²) in [5, 5.41) is 12.6. The number of hydrogen-bond acceptors (Lipinski definition) is 4. The number of hydrogen-bond donors (Lipinski definition) is 1. The van der Waals surface area contributed by atoms with E-state index >= 15 is 0 Å². The predicted octanol–water partition coefficient (Wildman–Crippen LogP) is 1.21. The molecule has 2 rings (SSSR count). The third-order valence-corrected chi connectivity index (χ3v) is 2.96. The lowest BCUT2D eigenvalue weighted by Crippen LogP contribution is -2.50. The number of β-lactam (4-membered cyclic amide) rings is 1. The Morgan fingerprint density at radius 1 is 1.72 bits per heavy atom. The normalized spacial score (nSPS) is 22.0. The molecule has 2 aliphatic rings. The zero-order valence-corrected chi connectivity index (χ0v) is 9.95. The molecule has 2 aliphatic heterocycles. The molecule has 1 unspecified atom stereocenters. The van der Waals surface area contributed by atoms with Gasteiger partial charge in [-0.05, 0) is 5.53 Å². The third kappa shape index (κ3) is 1.67. The first kappa shape index (κ1) is 12.3. The number of nitrogens with zero attached hydrogens (tertiary/aromatic N) is 4. The molecule has 0 aliphatic carbocycles. The van der Waals surface area contributed by atoms with Gasteiger partial charge in [-0.1, -0.05) is 19.0 Å². The molecular formula is C10H12N4O4. The number of ether oxygens (including phenoxy) is 1. The van der Waals surface area contributed by atoms with Gasteiger partial charge >= 0.3 is 5.97 Å². The first-order valence-electron chi connectivity index (χ1n) is 5.36. The van der Waals surface area contributed by atoms with Gasteiger partial charge in [0, 0.05) is 16.9 Å². The van der Waals surface area contributed by atoms with Gasteiger partial charge in [0.1, 0.15) is 5.76 Å². The van der Waals surface area contributed by atoms with Crippen molar-refractivity contribution < 1.29 is 19.4 Å². The van der Waals surface area contributed by atoms with E-state index in [9.17, 15) is 14.7 Å². The molecule has 0 radical (unpaired) electrons. The fourth-order valence-electron chi connectivity index (χ4n) is 2.01. The average Bonchev–Trinajstić information content (AvgIpc) is 2.60. The summed E-state index contributed by atoms with van der Waals surface area (Å²) >= 11 is 0. The van der Waals surface area contributed by atoms with Gasteiger partial charge < -0.3 is 9.84 Å². The van der Waals surface area contributed by atoms with Crippen LogP contribution in [0.15, 0.2) is 16.6 Å². The lowest BCUT2D eigenvalue weighted by Gasteiger charge is -2.33. The van der Waals surface area contributed by atoms with E-state index in [1.807, 2.05) is 0 Å². The number of rotatable bonds is 4. The second kappa shape index (κ2) is 3.92. The van der Waals surface area contributed by atoms with Crippen LogP contribution in [-0.4, -0.2) is 34.7 Å². The van der Waals surface area contributed by atoms with Crippen molar-refractivity contribution in [2.45, 2.75) is 26.5 Å². The van der Waals surface area contributed by atoms with Gasteiger partial charge in [-0.2, -0.15) is 0 Å². The molecular weight excluding hydrogens is 240 g/mol. The molecule has 0 aromatic carbocycles. The molecule has 1 atom stereocenters. The predicted molar refractivity (Wildman–Crippen MR) is 58.8 cm³/mol. The molecule has 1 N–H and O–H groups in total. The van der Waals surface area contributed by atoms with E-state index in [0.717, 1.165) is 4.90 Å². The zero-order chi connectivity index (χ0) is 13.5. The molecule has 8 heteroatoms. The highest BCUT2D eigenvalue weighted by Gasteiger charge is 2.52. The van der Waals surface area contributed by atoms with E-state index in [4.69, 9.17) is 10.3 Å². The van der Waals surface area contributed by atoms with Crippen LogP contribution in [0.1, 0.15) is 20.3 Å². The van der Waals surface area contributed by atoms with Crippen molar-refractivity contribution in [2.24, 2.45) is 10.5 Å². The molecule has 0 saturated carbocycles. The first-order chi connectivity index (χ1) is 8.38. The molecule has 0 aromatic rings. The van der Waals surface area contributed by atoms with Crippen molar-refractivity contribution in [3.63, 3.8) is 0 Å². The van der Waals surface area contributed by atoms with E-state index in [-0.39, 0.29) is 30.3 Å². The molecule has 8 nitrogen and oxygen atoms in total. The van der Waals surface area contributed by atoms with Crippen LogP contribution in [0.5, 0.6) is 0 Å². The number of carbonyl (C=O) groups is 2. The van der Waals surface area contributed by atoms with Gasteiger partial charge in [0.2, 0.25) is 5.91 Å². The van der Waals surface area contributed by atoms with Crippen LogP contribution in [0.25, 0.3) is 10.4 Å². The van der Waals surface area contributed by atoms with Gasteiger partial charge in [-0.3, -0.25) is 9.69 Å². The van der Waals surface area contributed by atoms with Gasteiger partial charge in [0.15, 0.2) is 11.9 Å². The summed E-state index contributed by atoms with van der Waals surface area (Å²) in [6.07, 6.45) is -0.346. The monoisotopic (exact) mass is 252 g/mol. The number of azide groups is 1. The van der Waals surface area contributed by atoms with Gasteiger partial charge in [0.25, 0.3) is 0 Å². The van der Waals surface area contributed by atoms with Crippen LogP contribution in [0.3, 0.4) is 0 Å². The number of carbonyl (C=O) groups excluding carboxylic acids is 1. The molecule has 0 bridgehead atoms. The minimum Gasteiger partial charge on any atom is -0.476 e. The second-order valence-electron chi connectivity index (χ2n) is 4.80. The molecule has 96 valence electrons. The van der Waals surface area contributed by atoms with Crippen molar-refractivity contribution in [1.29, 1.82) is 0 Å². The van der Waals surface area contributed by atoms with Crippen LogP contribution >= 0.6 is 0 Å². The number of amides is 1. The van der Waals surface area contributed by atoms with E-state index < -0.39 is 17.6 Å². The molecule has 0 aromatic heterocycles. The van der Waals surface area contributed by atoms with E-state index in [1.54, 1.807) is 13.8 Å². The highest BCUT2D eigenvalue weighted by molar-refractivity contribution is 5.97. The summed E-state index contributed by atoms with van der Waals surface area (Å²) in [7, 11) is 0. The van der Waals surface area contributed by atoms with Crippen molar-refractivity contribution >= 4 is 11.9 Å². The third-order valence-electron chi connectivity index (χ3n) is 2.96. The summed E-state index contributed by atoms with van der Waals surface area (Å²) in [4.78, 5) is 26.4. The zero-order valence-electron chi connectivity index (χ0n) is 9.95. The largest absolute Gasteiger partial charge is 0.476 e. The van der Waals surface area contributed by atoms with E-state index in [2.05, 4.69) is 10.0 Å². The summed E-state index contributed by atoms with van der Waals surface area (Å²) in [5.41, 5.74) is 7.42. The molecule has 0 spiro atoms. The van der Waals surface area contributed by atoms with Crippen molar-refractivity contribution in [3.05, 3.63) is 21.9 Å². The van der Waals surface area contributed by atoms with Crippen LogP contribution in [0.2, 0.25) is 0 Å². The SMILES string of the molecule is CC(C)(CN=[N+]=[N-])C1=C(C(=O)O)N2C(=O)CC2O1. The first-order valence-corrected chi connectivity index (χ1v) is 5.36. The van der Waals surface area contributed by atoms with Crippen LogP contribution < -0.4 is 0 Å². The van der Waals surface area contributed by atoms with E-state index in [1.165, 1.54) is 0 Å². The summed E-state index contributed by atoms with van der Waals surface area (Å²) in [6.45, 7) is 3.47. The highest BCUT2D eigenvalue weighted by atomic mass is 16.5. The van der Waals surface area contributed by atoms with Crippen molar-refractivity contribution in [2.75, 3.05) is 6.54 Å². The summed E-state index contributed by atoms with van der Waals surface area (Å²) in [5.74, 6) is -1.29. The minimum absolute atomic E-state index is 0.0599. The van der Waals surface area contributed by atoms with E-state index in [0.29, 0.717) is 0 Å². The molecule has 1 saturated heterocycles. The molecule has 18 heavy (non-hydrogen) atoms. The van der Waals surface area contributed by atoms with Crippen LogP contribution in [0, 0.1) is 5.41 Å². The summed E-state index contributed by atoms with van der Waals surface area (Å²) < 4.78 is 5.49. The Bertz CT molecular complexity index is 504. The minimum atomic E-state index is -1.21. The van der Waals surface area contributed by atoms with Crippen LogP contribution in [0.4, 0.5) is 0 Å². The maximum atomic E-state index is 11.4. The number of carboxylic acids is 1. The standard InChI is InChI=1S/C10H12N4O4/c1-10(2,4-12-13-11)8-7(9(16)17)14-5(15)3-6(14)18-8/h6H,3-4H2,1-2H3,(H,16,17). The highest BCUT2D eigenvalue weighted by Crippen LogP contribution is 2.43. The van der Waals surface area contributed by atoms with Gasteiger partial charge in [-0.25, -0.2) is 4.79 Å². The molecule has 2 heterocycles. The van der Waals surface area contributed by atoms with Crippen molar-refractivity contribution in [3.8, 4) is 0 Å². The Morgan fingerprint density at radius 2 is 2.39 bits per heavy atom. The smallest absolute Gasteiger partial charge is 0.356 e. The Labute approximate surface area is 102 Å². The maximum Gasteiger partial charge on any atom is 0.356 e. The molecule has 1 fully saturated rings. The van der Waals surface area contributed by atoms with Crippen molar-refractivity contribution in [1.82, 2.24) is 4.90 Å². The van der Waals surface area contributed by atoms with Gasteiger partial charge in [-0.15, -0.1) is 0 Å². The molecule has 1 amide bonds. The quantitative estimate of drug-likeness (QED) is 0.350. The number of carboxylic acid groups (broad SMARTS) is 1. The second-order valence-corrected chi connectivity index (χ2v) is 4.80. The Balaban J connectivity index is 2.39. The van der Waals surface area contributed by atoms with Crippen LogP contribution in [-0.2, 0) is 14.3 Å². The van der Waals surface area contributed by atoms with Gasteiger partial charge in [0.05, 0.1) is 6.42 Å². The maximum absolute atomic E-state index is 11.4. The lowest BCUT2D eigenvalue weighted by molar-refractivity contribution is -0.158. The fourth-order valence-corrected chi connectivity index (χ4v) is 2.01. The topological polar surface area (TPSA) is 116 Å². The number of aliphatic carboxylic acids is 1. The lowest BCUT2D eigenvalue weighted by atomic mass is 9.89. The Hall–Kier alpha value is -2.21. The summed E-state index contributed by atoms with van der Waals surface area (Å²) in [6, 6.07) is 0. The Kier molecular flexibility index (Phi) is 2.67. The fraction of sp³-hybridized carbons (Fsp3) is 0.600. The number of fused-ring (bicyclic) bond motifs is 1.